The van der Waals surface area contributed by atoms with Crippen LogP contribution in [0.25, 0.3) is 0 Å². The van der Waals surface area contributed by atoms with E-state index < -0.39 is 0 Å². The third-order valence-corrected chi connectivity index (χ3v) is 2.08. The number of anilines is 1. The molecule has 0 aromatic carbocycles. The number of pyridine rings is 2. The van der Waals surface area contributed by atoms with Gasteiger partial charge < -0.3 is 5.32 Å². The van der Waals surface area contributed by atoms with E-state index in [-0.39, 0.29) is 6.03 Å². The first-order chi connectivity index (χ1) is 8.34. The van der Waals surface area contributed by atoms with E-state index in [0.29, 0.717) is 12.4 Å². The highest BCUT2D eigenvalue weighted by Crippen LogP contribution is 1.99. The lowest BCUT2D eigenvalue weighted by atomic mass is 10.3. The van der Waals surface area contributed by atoms with Crippen LogP contribution >= 0.6 is 0 Å². The quantitative estimate of drug-likeness (QED) is 0.841. The van der Waals surface area contributed by atoms with Crippen LogP contribution in [0.15, 0.2) is 48.9 Å². The van der Waals surface area contributed by atoms with E-state index >= 15 is 0 Å². The van der Waals surface area contributed by atoms with Crippen molar-refractivity contribution < 1.29 is 4.79 Å². The van der Waals surface area contributed by atoms with Gasteiger partial charge in [-0.05, 0) is 23.8 Å². The summed E-state index contributed by atoms with van der Waals surface area (Å²) >= 11 is 0. The summed E-state index contributed by atoms with van der Waals surface area (Å²) in [7, 11) is 0. The van der Waals surface area contributed by atoms with Crippen LogP contribution in [0.4, 0.5) is 10.6 Å². The normalized spacial score (nSPS) is 9.65. The van der Waals surface area contributed by atoms with Crippen molar-refractivity contribution in [1.82, 2.24) is 15.3 Å². The molecule has 2 N–H and O–H groups in total. The van der Waals surface area contributed by atoms with Gasteiger partial charge in [0.15, 0.2) is 0 Å². The van der Waals surface area contributed by atoms with Crippen LogP contribution in [-0.4, -0.2) is 16.0 Å². The molecule has 0 unspecified atom stereocenters. The van der Waals surface area contributed by atoms with Gasteiger partial charge >= 0.3 is 6.03 Å². The molecule has 0 aliphatic heterocycles. The van der Waals surface area contributed by atoms with Crippen LogP contribution in [0.2, 0.25) is 0 Å². The lowest BCUT2D eigenvalue weighted by Crippen LogP contribution is -2.28. The molecule has 2 aromatic heterocycles. The summed E-state index contributed by atoms with van der Waals surface area (Å²) in [5.41, 5.74) is 0.948. The second kappa shape index (κ2) is 5.60. The molecule has 0 aliphatic rings. The van der Waals surface area contributed by atoms with E-state index in [1.165, 1.54) is 0 Å². The largest absolute Gasteiger partial charge is 0.334 e. The van der Waals surface area contributed by atoms with Gasteiger partial charge in [0, 0.05) is 25.1 Å². The van der Waals surface area contributed by atoms with Crippen molar-refractivity contribution in [2.24, 2.45) is 0 Å². The number of hydrogen-bond donors (Lipinski definition) is 2. The molecule has 0 radical (unpaired) electrons. The molecule has 0 fully saturated rings. The predicted molar refractivity (Wildman–Crippen MR) is 64.3 cm³/mol. The number of carbonyl (C=O) groups is 1. The van der Waals surface area contributed by atoms with Gasteiger partial charge in [0.25, 0.3) is 0 Å². The van der Waals surface area contributed by atoms with Gasteiger partial charge in [-0.15, -0.1) is 0 Å². The Kier molecular flexibility index (Phi) is 3.64. The molecule has 0 bridgehead atoms. The zero-order valence-corrected chi connectivity index (χ0v) is 9.13. The lowest BCUT2D eigenvalue weighted by Gasteiger charge is -2.06. The molecule has 2 amide bonds. The van der Waals surface area contributed by atoms with E-state index in [1.54, 1.807) is 30.7 Å². The number of urea groups is 1. The maximum atomic E-state index is 11.5. The van der Waals surface area contributed by atoms with Crippen molar-refractivity contribution in [2.45, 2.75) is 6.54 Å². The minimum Gasteiger partial charge on any atom is -0.334 e. The smallest absolute Gasteiger partial charge is 0.320 e. The molecule has 0 saturated heterocycles. The fraction of sp³-hybridized carbons (Fsp3) is 0.0833. The highest BCUT2D eigenvalue weighted by atomic mass is 16.2. The summed E-state index contributed by atoms with van der Waals surface area (Å²) in [6, 6.07) is 8.76. The van der Waals surface area contributed by atoms with Gasteiger partial charge in [0.2, 0.25) is 0 Å². The van der Waals surface area contributed by atoms with Gasteiger partial charge in [0.1, 0.15) is 5.82 Å². The Balaban J connectivity index is 1.83. The second-order valence-electron chi connectivity index (χ2n) is 3.38. The van der Waals surface area contributed by atoms with Crippen molar-refractivity contribution in [2.75, 3.05) is 5.32 Å². The number of carbonyl (C=O) groups excluding carboxylic acids is 1. The van der Waals surface area contributed by atoms with E-state index in [9.17, 15) is 4.79 Å². The van der Waals surface area contributed by atoms with Crippen LogP contribution in [0, 0.1) is 0 Å². The van der Waals surface area contributed by atoms with E-state index in [2.05, 4.69) is 20.6 Å². The van der Waals surface area contributed by atoms with Crippen molar-refractivity contribution in [3.63, 3.8) is 0 Å². The fourth-order valence-corrected chi connectivity index (χ4v) is 1.28. The molecule has 0 saturated carbocycles. The first-order valence-electron chi connectivity index (χ1n) is 5.19. The molecule has 2 aromatic rings. The average molecular weight is 228 g/mol. The van der Waals surface area contributed by atoms with Crippen molar-refractivity contribution in [3.8, 4) is 0 Å². The number of aromatic nitrogens is 2. The van der Waals surface area contributed by atoms with Crippen molar-refractivity contribution in [1.29, 1.82) is 0 Å². The first kappa shape index (κ1) is 11.1. The van der Waals surface area contributed by atoms with Gasteiger partial charge in [0.05, 0.1) is 0 Å². The topological polar surface area (TPSA) is 66.9 Å². The van der Waals surface area contributed by atoms with Crippen LogP contribution in [0.5, 0.6) is 0 Å². The van der Waals surface area contributed by atoms with Crippen LogP contribution in [0.1, 0.15) is 5.56 Å². The van der Waals surface area contributed by atoms with Crippen LogP contribution < -0.4 is 10.6 Å². The summed E-state index contributed by atoms with van der Waals surface area (Å²) in [6.45, 7) is 0.437. The summed E-state index contributed by atoms with van der Waals surface area (Å²) in [5, 5.41) is 5.35. The Morgan fingerprint density at radius 1 is 1.18 bits per heavy atom. The van der Waals surface area contributed by atoms with Gasteiger partial charge in [-0.3, -0.25) is 10.3 Å². The minimum atomic E-state index is -0.285. The average Bonchev–Trinajstić information content (AvgIpc) is 2.39. The maximum absolute atomic E-state index is 11.5. The maximum Gasteiger partial charge on any atom is 0.320 e. The first-order valence-corrected chi connectivity index (χ1v) is 5.19. The molecular weight excluding hydrogens is 216 g/mol. The molecule has 0 atom stereocenters. The van der Waals surface area contributed by atoms with E-state index in [4.69, 9.17) is 0 Å². The molecule has 2 heterocycles. The molecule has 5 heteroatoms. The minimum absolute atomic E-state index is 0.285. The van der Waals surface area contributed by atoms with Gasteiger partial charge in [-0.1, -0.05) is 12.1 Å². The Labute approximate surface area is 98.9 Å². The van der Waals surface area contributed by atoms with Crippen LogP contribution in [-0.2, 0) is 6.54 Å². The zero-order chi connectivity index (χ0) is 11.9. The summed E-state index contributed by atoms with van der Waals surface area (Å²) in [4.78, 5) is 19.5. The molecular formula is C12H12N4O. The van der Waals surface area contributed by atoms with Crippen molar-refractivity contribution >= 4 is 11.8 Å². The Morgan fingerprint density at radius 2 is 2.12 bits per heavy atom. The third-order valence-electron chi connectivity index (χ3n) is 2.08. The fourth-order valence-electron chi connectivity index (χ4n) is 1.28. The molecule has 86 valence electrons. The second-order valence-corrected chi connectivity index (χ2v) is 3.38. The molecule has 2 rings (SSSR count). The van der Waals surface area contributed by atoms with Gasteiger partial charge in [-0.25, -0.2) is 9.78 Å². The predicted octanol–water partition coefficient (Wildman–Crippen LogP) is 1.80. The number of hydrogen-bond acceptors (Lipinski definition) is 3. The Bertz CT molecular complexity index is 472. The number of nitrogens with zero attached hydrogens (tertiary/aromatic N) is 2. The van der Waals surface area contributed by atoms with E-state index in [1.807, 2.05) is 18.2 Å². The monoisotopic (exact) mass is 228 g/mol. The van der Waals surface area contributed by atoms with Gasteiger partial charge in [-0.2, -0.15) is 0 Å². The standard InChI is InChI=1S/C12H12N4O/c17-12(16-11-5-1-2-7-14-11)15-9-10-4-3-6-13-8-10/h1-8H,9H2,(H2,14,15,16,17). The Morgan fingerprint density at radius 3 is 2.82 bits per heavy atom. The molecule has 0 aliphatic carbocycles. The summed E-state index contributed by atoms with van der Waals surface area (Å²) in [6.07, 6.45) is 5.02. The molecule has 5 nitrogen and oxygen atoms in total. The lowest BCUT2D eigenvalue weighted by molar-refractivity contribution is 0.251. The number of rotatable bonds is 3. The third kappa shape index (κ3) is 3.57. The number of nitrogens with one attached hydrogen (secondary N) is 2. The SMILES string of the molecule is O=C(NCc1cccnc1)Nc1ccccn1. The Hall–Kier alpha value is -2.43. The molecule has 0 spiro atoms. The number of amides is 2. The zero-order valence-electron chi connectivity index (χ0n) is 9.13. The summed E-state index contributed by atoms with van der Waals surface area (Å²) in [5.74, 6) is 0.524. The van der Waals surface area contributed by atoms with Crippen molar-refractivity contribution in [3.05, 3.63) is 54.5 Å². The van der Waals surface area contributed by atoms with E-state index in [0.717, 1.165) is 5.56 Å². The summed E-state index contributed by atoms with van der Waals surface area (Å²) < 4.78 is 0. The molecule has 17 heavy (non-hydrogen) atoms. The highest BCUT2D eigenvalue weighted by Gasteiger charge is 2.01. The highest BCUT2D eigenvalue weighted by molar-refractivity contribution is 5.88. The van der Waals surface area contributed by atoms with Crippen LogP contribution in [0.3, 0.4) is 0 Å².